The molecule has 0 aromatic carbocycles. The summed E-state index contributed by atoms with van der Waals surface area (Å²) in [5.41, 5.74) is -0.0334. The first kappa shape index (κ1) is 16.7. The van der Waals surface area contributed by atoms with Gasteiger partial charge >= 0.3 is 0 Å². The maximum absolute atomic E-state index is 12.1. The number of aliphatic imine (C=N–C) groups is 1. The lowest BCUT2D eigenvalue weighted by molar-refractivity contribution is -0.0432. The molecule has 0 aliphatic carbocycles. The molecule has 1 aliphatic heterocycles. The van der Waals surface area contributed by atoms with E-state index in [0.717, 1.165) is 0 Å². The highest BCUT2D eigenvalue weighted by Gasteiger charge is 2.35. The number of aliphatic hydroxyl groups excluding tert-OH is 3. The van der Waals surface area contributed by atoms with Crippen LogP contribution in [-0.4, -0.2) is 66.0 Å². The molecule has 2 aromatic rings. The number of hydrogen-bond acceptors (Lipinski definition) is 8. The Bertz CT molecular complexity index is 798. The van der Waals surface area contributed by atoms with E-state index in [1.807, 2.05) is 0 Å². The monoisotopic (exact) mass is 337 g/mol. The molecule has 1 saturated heterocycles. The summed E-state index contributed by atoms with van der Waals surface area (Å²) in [5.74, 6) is 0.0900. The molecule has 10 nitrogen and oxygen atoms in total. The Morgan fingerprint density at radius 1 is 1.62 bits per heavy atom. The van der Waals surface area contributed by atoms with Crippen LogP contribution in [0.15, 0.2) is 16.1 Å². The van der Waals surface area contributed by atoms with Crippen LogP contribution in [0.2, 0.25) is 0 Å². The van der Waals surface area contributed by atoms with E-state index in [2.05, 4.69) is 19.9 Å². The first-order valence-electron chi connectivity index (χ1n) is 7.61. The molecule has 3 heterocycles. The van der Waals surface area contributed by atoms with Crippen molar-refractivity contribution in [1.82, 2.24) is 19.5 Å². The Labute approximate surface area is 136 Å². The summed E-state index contributed by atoms with van der Waals surface area (Å²) in [6.45, 7) is 1.33. The Kier molecular flexibility index (Phi) is 4.71. The SMILES string of the molecule is C[C@H](O)C/C=N/c1nc2c(ncn2[C@H]2C[C@H](O)[C@@H](CO)O2)c(=O)[nH]1. The fourth-order valence-electron chi connectivity index (χ4n) is 2.53. The summed E-state index contributed by atoms with van der Waals surface area (Å²) >= 11 is 0. The van der Waals surface area contributed by atoms with Crippen LogP contribution in [0.3, 0.4) is 0 Å². The molecule has 2 aromatic heterocycles. The summed E-state index contributed by atoms with van der Waals surface area (Å²) < 4.78 is 7.11. The van der Waals surface area contributed by atoms with Gasteiger partial charge in [-0.1, -0.05) is 0 Å². The van der Waals surface area contributed by atoms with Crippen molar-refractivity contribution < 1.29 is 20.1 Å². The van der Waals surface area contributed by atoms with Gasteiger partial charge in [-0.05, 0) is 6.92 Å². The Morgan fingerprint density at radius 3 is 3.08 bits per heavy atom. The van der Waals surface area contributed by atoms with Crippen LogP contribution in [0.1, 0.15) is 26.0 Å². The standard InChI is InChI=1S/C14H19N5O5/c1-7(21)2-3-15-14-17-12-11(13(23)18-14)16-6-19(12)10-4-8(22)9(5-20)24-10/h3,6-10,20-22H,2,4-5H2,1H3,(H,17,18,23)/b15-3+/t7-,8-,9+,10+/m0/s1. The number of rotatable bonds is 5. The van der Waals surface area contributed by atoms with E-state index in [-0.39, 0.29) is 30.1 Å². The average Bonchev–Trinajstić information content (AvgIpc) is 3.10. The number of nitrogens with zero attached hydrogens (tertiary/aromatic N) is 4. The predicted octanol–water partition coefficient (Wildman–Crippen LogP) is -0.766. The molecule has 0 unspecified atom stereocenters. The quantitative estimate of drug-likeness (QED) is 0.524. The molecule has 130 valence electrons. The molecule has 0 spiro atoms. The van der Waals surface area contributed by atoms with Gasteiger partial charge in [-0.2, -0.15) is 4.98 Å². The van der Waals surface area contributed by atoms with Gasteiger partial charge in [0.2, 0.25) is 5.95 Å². The van der Waals surface area contributed by atoms with Crippen molar-refractivity contribution in [1.29, 1.82) is 0 Å². The van der Waals surface area contributed by atoms with Gasteiger partial charge in [0, 0.05) is 19.1 Å². The summed E-state index contributed by atoms with van der Waals surface area (Å²) in [7, 11) is 0. The minimum atomic E-state index is -0.803. The number of aromatic nitrogens is 4. The second-order valence-corrected chi connectivity index (χ2v) is 5.72. The van der Waals surface area contributed by atoms with Crippen molar-refractivity contribution in [3.63, 3.8) is 0 Å². The van der Waals surface area contributed by atoms with Crippen LogP contribution in [0.4, 0.5) is 5.95 Å². The van der Waals surface area contributed by atoms with E-state index in [0.29, 0.717) is 6.42 Å². The molecule has 10 heteroatoms. The molecule has 4 atom stereocenters. The van der Waals surface area contributed by atoms with Gasteiger partial charge in [-0.25, -0.2) is 9.98 Å². The van der Waals surface area contributed by atoms with Gasteiger partial charge in [0.05, 0.1) is 25.1 Å². The second kappa shape index (κ2) is 6.77. The third kappa shape index (κ3) is 3.22. The fraction of sp³-hybridized carbons (Fsp3) is 0.571. The van der Waals surface area contributed by atoms with Crippen LogP contribution in [0, 0.1) is 0 Å². The summed E-state index contributed by atoms with van der Waals surface area (Å²) in [6.07, 6.45) is 0.855. The van der Waals surface area contributed by atoms with Gasteiger partial charge in [0.1, 0.15) is 12.3 Å². The predicted molar refractivity (Wildman–Crippen MR) is 84.2 cm³/mol. The van der Waals surface area contributed by atoms with Crippen LogP contribution >= 0.6 is 0 Å². The van der Waals surface area contributed by atoms with Crippen molar-refractivity contribution >= 4 is 23.3 Å². The van der Waals surface area contributed by atoms with Crippen molar-refractivity contribution in [3.05, 3.63) is 16.7 Å². The third-order valence-electron chi connectivity index (χ3n) is 3.77. The molecule has 3 rings (SSSR count). The van der Waals surface area contributed by atoms with Gasteiger partial charge in [-0.15, -0.1) is 0 Å². The lowest BCUT2D eigenvalue weighted by Gasteiger charge is -2.13. The minimum Gasteiger partial charge on any atom is -0.394 e. The molecule has 1 aliphatic rings. The zero-order valence-corrected chi connectivity index (χ0v) is 13.0. The Hall–Kier alpha value is -2.14. The second-order valence-electron chi connectivity index (χ2n) is 5.72. The fourth-order valence-corrected chi connectivity index (χ4v) is 2.53. The highest BCUT2D eigenvalue weighted by atomic mass is 16.5. The number of aromatic amines is 1. The number of imidazole rings is 1. The summed E-state index contributed by atoms with van der Waals surface area (Å²) in [5, 5.41) is 28.3. The van der Waals surface area contributed by atoms with Gasteiger partial charge in [0.15, 0.2) is 11.2 Å². The van der Waals surface area contributed by atoms with Gasteiger partial charge in [-0.3, -0.25) is 14.3 Å². The number of ether oxygens (including phenoxy) is 1. The molecule has 0 radical (unpaired) electrons. The molecule has 0 saturated carbocycles. The minimum absolute atomic E-state index is 0.0900. The van der Waals surface area contributed by atoms with Gasteiger partial charge in [0.25, 0.3) is 5.56 Å². The highest BCUT2D eigenvalue weighted by molar-refractivity contribution is 5.71. The van der Waals surface area contributed by atoms with E-state index in [9.17, 15) is 20.1 Å². The Morgan fingerprint density at radius 2 is 2.42 bits per heavy atom. The lowest BCUT2D eigenvalue weighted by Crippen LogP contribution is -2.24. The molecule has 0 amide bonds. The summed E-state index contributed by atoms with van der Waals surface area (Å²) in [4.78, 5) is 26.9. The van der Waals surface area contributed by atoms with Crippen molar-refractivity contribution in [2.24, 2.45) is 4.99 Å². The smallest absolute Gasteiger partial charge is 0.280 e. The van der Waals surface area contributed by atoms with Gasteiger partial charge < -0.3 is 20.1 Å². The average molecular weight is 337 g/mol. The van der Waals surface area contributed by atoms with Crippen LogP contribution in [0.25, 0.3) is 11.2 Å². The number of H-pyrrole nitrogens is 1. The van der Waals surface area contributed by atoms with E-state index < -0.39 is 30.1 Å². The third-order valence-corrected chi connectivity index (χ3v) is 3.77. The molecule has 1 fully saturated rings. The van der Waals surface area contributed by atoms with Crippen molar-refractivity contribution in [3.8, 4) is 0 Å². The lowest BCUT2D eigenvalue weighted by atomic mass is 10.2. The molecular weight excluding hydrogens is 318 g/mol. The first-order chi connectivity index (χ1) is 11.5. The van der Waals surface area contributed by atoms with Crippen LogP contribution in [0.5, 0.6) is 0 Å². The molecule has 24 heavy (non-hydrogen) atoms. The zero-order valence-electron chi connectivity index (χ0n) is 13.0. The van der Waals surface area contributed by atoms with Crippen molar-refractivity contribution in [2.45, 2.75) is 44.3 Å². The Balaban J connectivity index is 1.94. The maximum Gasteiger partial charge on any atom is 0.280 e. The van der Waals surface area contributed by atoms with Crippen LogP contribution < -0.4 is 5.56 Å². The maximum atomic E-state index is 12.1. The number of aliphatic hydroxyl groups is 3. The van der Waals surface area contributed by atoms with Crippen LogP contribution in [-0.2, 0) is 4.74 Å². The number of nitrogens with one attached hydrogen (secondary N) is 1. The molecular formula is C14H19N5O5. The molecule has 4 N–H and O–H groups in total. The van der Waals surface area contributed by atoms with E-state index >= 15 is 0 Å². The zero-order chi connectivity index (χ0) is 17.3. The molecule has 0 bridgehead atoms. The van der Waals surface area contributed by atoms with E-state index in [4.69, 9.17) is 4.74 Å². The largest absolute Gasteiger partial charge is 0.394 e. The topological polar surface area (TPSA) is 146 Å². The van der Waals surface area contributed by atoms with E-state index in [1.54, 1.807) is 6.92 Å². The van der Waals surface area contributed by atoms with E-state index in [1.165, 1.54) is 17.1 Å². The summed E-state index contributed by atoms with van der Waals surface area (Å²) in [6, 6.07) is 0. The normalized spacial score (nSPS) is 25.8. The first-order valence-corrected chi connectivity index (χ1v) is 7.61. The number of fused-ring (bicyclic) bond motifs is 1. The van der Waals surface area contributed by atoms with Crippen molar-refractivity contribution in [2.75, 3.05) is 6.61 Å². The number of hydrogen-bond donors (Lipinski definition) is 4. The highest BCUT2D eigenvalue weighted by Crippen LogP contribution is 2.30.